The van der Waals surface area contributed by atoms with Gasteiger partial charge >= 0.3 is 117 Å². The Morgan fingerprint density at radius 1 is 0.615 bits per heavy atom. The molecule has 5 unspecified atom stereocenters. The second-order valence-electron chi connectivity index (χ2n) is 23.9. The fourth-order valence-electron chi connectivity index (χ4n) is 10.6. The third-order valence-electron chi connectivity index (χ3n) is 16.5. The van der Waals surface area contributed by atoms with Crippen molar-refractivity contribution in [1.82, 2.24) is 54.7 Å². The Bertz CT molecular complexity index is 4630. The first kappa shape index (κ1) is 86.8. The van der Waals surface area contributed by atoms with Gasteiger partial charge in [0.2, 0.25) is 0 Å². The number of hydrogen-bond acceptors (Lipinski definition) is 20. The minimum absolute atomic E-state index is 0. The summed E-state index contributed by atoms with van der Waals surface area (Å²) in [5.41, 5.74) is 4.11. The molecule has 3 saturated heterocycles. The van der Waals surface area contributed by atoms with Crippen LogP contribution in [-0.4, -0.2) is 109 Å². The molecule has 0 radical (unpaired) electrons. The zero-order chi connectivity index (χ0) is 72.2. The Morgan fingerprint density at radius 3 is 1.49 bits per heavy atom. The molecule has 36 heteroatoms. The molecular formula is C68H66B2BrCl3F5K2N13O7S3. The number of nitrogens with one attached hydrogen (secondary N) is 1. The van der Waals surface area contributed by atoms with Crippen LogP contribution in [0.1, 0.15) is 151 Å². The maximum atomic E-state index is 13.4. The Labute approximate surface area is 719 Å². The van der Waals surface area contributed by atoms with Crippen molar-refractivity contribution in [2.45, 2.75) is 116 Å². The van der Waals surface area contributed by atoms with E-state index in [-0.39, 0.29) is 140 Å². The topological polar surface area (TPSA) is 274 Å². The van der Waals surface area contributed by atoms with Crippen molar-refractivity contribution in [1.29, 1.82) is 10.5 Å². The van der Waals surface area contributed by atoms with E-state index in [2.05, 4.69) is 56.1 Å². The zero-order valence-corrected chi connectivity index (χ0v) is 68.6. The van der Waals surface area contributed by atoms with Crippen molar-refractivity contribution in [2.24, 2.45) is 0 Å². The van der Waals surface area contributed by atoms with E-state index in [0.717, 1.165) is 91.8 Å². The first-order valence-electron chi connectivity index (χ1n) is 31.2. The van der Waals surface area contributed by atoms with Crippen LogP contribution in [0.3, 0.4) is 0 Å². The maximum Gasteiger partial charge on any atom is 1.00 e. The van der Waals surface area contributed by atoms with Gasteiger partial charge in [-0.25, -0.2) is 34.3 Å². The van der Waals surface area contributed by atoms with Gasteiger partial charge in [0.05, 0.1) is 25.8 Å². The quantitative estimate of drug-likeness (QED) is 0.0582. The molecule has 0 saturated carbocycles. The number of hydrogen-bond donors (Lipinski definition) is 4. The van der Waals surface area contributed by atoms with Crippen molar-refractivity contribution in [3.63, 3.8) is 0 Å². The van der Waals surface area contributed by atoms with Crippen molar-refractivity contribution >= 4 is 108 Å². The fraction of sp³-hybridized carbons (Fsp3) is 0.294. The van der Waals surface area contributed by atoms with Gasteiger partial charge in [0, 0.05) is 80.6 Å². The molecule has 104 heavy (non-hydrogen) atoms. The first-order valence-corrected chi connectivity index (χ1v) is 35.5. The molecule has 0 aliphatic carbocycles. The summed E-state index contributed by atoms with van der Waals surface area (Å²) < 4.78 is 84.6. The Hall–Kier alpha value is -4.42. The number of halogens is 9. The van der Waals surface area contributed by atoms with Gasteiger partial charge in [0.25, 0.3) is 0 Å². The van der Waals surface area contributed by atoms with Crippen molar-refractivity contribution in [2.75, 3.05) is 13.2 Å². The van der Waals surface area contributed by atoms with Crippen LogP contribution >= 0.6 is 84.7 Å². The molecule has 3 aromatic carbocycles. The molecule has 5 atom stereocenters. The number of nitrogens with zero attached hydrogens (tertiary/aromatic N) is 12. The summed E-state index contributed by atoms with van der Waals surface area (Å²) in [6.45, 7) is 4.22. The minimum Gasteiger partial charge on any atom is -1.00 e. The number of benzene rings is 3. The average Bonchev–Trinajstić information content (AvgIpc) is 1.61. The van der Waals surface area contributed by atoms with Gasteiger partial charge in [0.15, 0.2) is 29.9 Å². The van der Waals surface area contributed by atoms with Gasteiger partial charge in [0.1, 0.15) is 60.8 Å². The molecule has 3 fully saturated rings. The van der Waals surface area contributed by atoms with Crippen molar-refractivity contribution < 1.29 is 160 Å². The number of aromatic amines is 1. The molecule has 20 nitrogen and oxygen atoms in total. The largest absolute Gasteiger partial charge is 1.00 e. The summed E-state index contributed by atoms with van der Waals surface area (Å²) >= 11 is 24.6. The smallest absolute Gasteiger partial charge is 1.00 e. The third-order valence-corrected chi connectivity index (χ3v) is 21.4. The molecule has 0 bridgehead atoms. The van der Waals surface area contributed by atoms with Crippen LogP contribution < -0.4 is 112 Å². The van der Waals surface area contributed by atoms with Gasteiger partial charge in [-0.15, -0.1) is 32.9 Å². The van der Waals surface area contributed by atoms with E-state index < -0.39 is 48.4 Å². The van der Waals surface area contributed by atoms with Gasteiger partial charge < -0.3 is 48.5 Å². The molecule has 14 rings (SSSR count). The second kappa shape index (κ2) is 39.8. The normalized spacial score (nSPS) is 16.5. The fourth-order valence-corrected chi connectivity index (χ4v) is 14.5. The van der Waals surface area contributed by atoms with E-state index in [1.54, 1.807) is 102 Å². The predicted molar refractivity (Wildman–Crippen MR) is 390 cm³/mol. The molecule has 11 heterocycles. The van der Waals surface area contributed by atoms with Crippen LogP contribution in [0, 0.1) is 22.7 Å². The van der Waals surface area contributed by atoms with E-state index in [1.807, 2.05) is 70.2 Å². The third kappa shape index (κ3) is 22.0. The minimum atomic E-state index is -5.22. The molecule has 11 aromatic rings. The van der Waals surface area contributed by atoms with Crippen LogP contribution in [-0.2, 0) is 18.8 Å². The SMILES string of the molecule is C.CC1(C)OB(c2cc(C(O)c3ccc(Cl)cc3)c(-c3ncn(C4CCCCO4)n3)s2)OC1(C)C.FF.N#Cc1cc(-c2cc(C(O)c3ccc(Cl)cc3)c(-c3ncn[nH]3)s2)ccn1.N#Cc1cc(Br)ccn1.OC(c1ccc(Cl)cc1)c1cc([B-](F)(F)F)sc1-c1ncn(C2CCCCO2)n1.[H-].[K+].[K+]. The number of aromatic nitrogens is 11. The van der Waals surface area contributed by atoms with Crippen molar-refractivity contribution in [3.8, 4) is 54.7 Å². The van der Waals surface area contributed by atoms with Crippen LogP contribution in [0.15, 0.2) is 151 Å². The molecule has 3 aliphatic rings. The van der Waals surface area contributed by atoms with Crippen LogP contribution in [0.5, 0.6) is 0 Å². The molecular weight excluding hydrogens is 1590 g/mol. The van der Waals surface area contributed by atoms with Gasteiger partial charge in [-0.05, 0) is 161 Å². The maximum absolute atomic E-state index is 13.4. The summed E-state index contributed by atoms with van der Waals surface area (Å²) in [6.07, 6.45) is 10.2. The Kier molecular flexibility index (Phi) is 33.2. The Balaban J connectivity index is 0.000000227. The standard InChI is InChI=1S/C24H29BClN3O4S.C19H12ClN5OS.C18H17BClF3N3O2S.C6H3BrN2.CH4.F2.2K.H/c1-23(2)24(3,4)33-25(32-23)18-13-17(20(30)15-8-10-16(26)11-9-15)21(34-18)22-27-14-29(28-22)19-7-5-6-12-31-19;20-13-3-1-11(2-4-13)17(26)15-8-16(12-5-6-22-14(7-12)9-21)27-18(15)19-23-10-24-25-19;20-12-6-4-11(5-7-12)16(27)13-9-14(19(21,22)23)29-17(13)18-24-10-26(25-18)15-3-1-2-8-28-15;7-5-1-2-9-6(3-5)4-8;;1-2;;;/h8-11,13-14,19-20,30H,5-7,12H2,1-4H3;1-8,10,17,26H,(H,23,24,25);4-7,9-10,15-16,27H,1-3,8H2;1-3H;1H4;;;;/q;;-1;;;;2*+1;-1. The number of rotatable bonds is 14. The summed E-state index contributed by atoms with van der Waals surface area (Å²) in [4.78, 5) is 23.4. The molecule has 0 amide bonds. The summed E-state index contributed by atoms with van der Waals surface area (Å²) in [6, 6.07) is 36.3. The van der Waals surface area contributed by atoms with E-state index in [4.69, 9.17) is 78.4 Å². The number of pyridine rings is 2. The molecule has 534 valence electrons. The summed E-state index contributed by atoms with van der Waals surface area (Å²) in [5.74, 6) is 1.26. The van der Waals surface area contributed by atoms with E-state index >= 15 is 0 Å². The predicted octanol–water partition coefficient (Wildman–Crippen LogP) is 10.7. The number of aliphatic hydroxyl groups excluding tert-OH is 3. The molecule has 0 spiro atoms. The van der Waals surface area contributed by atoms with Crippen LogP contribution in [0.25, 0.3) is 42.5 Å². The molecule has 8 aromatic heterocycles. The van der Waals surface area contributed by atoms with E-state index in [0.29, 0.717) is 72.7 Å². The zero-order valence-electron chi connectivity index (χ0n) is 57.0. The summed E-state index contributed by atoms with van der Waals surface area (Å²) in [7, 11) is -0.538. The number of thiophene rings is 3. The molecule has 3 aliphatic heterocycles. The average molecular weight is 1650 g/mol. The first-order chi connectivity index (χ1) is 48.4. The number of ether oxygens (including phenoxy) is 2. The van der Waals surface area contributed by atoms with Gasteiger partial charge in [-0.1, -0.05) is 105 Å². The summed E-state index contributed by atoms with van der Waals surface area (Å²) in [5, 5.41) is 68.0. The molecule has 4 N–H and O–H groups in total. The van der Waals surface area contributed by atoms with E-state index in [1.165, 1.54) is 40.0 Å². The number of aliphatic hydroxyl groups is 3. The van der Waals surface area contributed by atoms with Crippen LogP contribution in [0.2, 0.25) is 15.1 Å². The van der Waals surface area contributed by atoms with Gasteiger partial charge in [-0.3, -0.25) is 5.10 Å². The Morgan fingerprint density at radius 2 is 1.07 bits per heavy atom. The van der Waals surface area contributed by atoms with Crippen LogP contribution in [0.4, 0.5) is 22.1 Å². The number of nitriles is 2. The van der Waals surface area contributed by atoms with Crippen molar-refractivity contribution in [3.05, 3.63) is 211 Å². The van der Waals surface area contributed by atoms with Gasteiger partial charge in [-0.2, -0.15) is 27.0 Å². The second-order valence-corrected chi connectivity index (χ2v) is 29.3. The monoisotopic (exact) mass is 1650 g/mol. The number of H-pyrrole nitrogens is 1. The van der Waals surface area contributed by atoms with E-state index in [9.17, 15) is 28.3 Å².